The highest BCUT2D eigenvalue weighted by Crippen LogP contribution is 2.50. The summed E-state index contributed by atoms with van der Waals surface area (Å²) >= 11 is 0. The van der Waals surface area contributed by atoms with Gasteiger partial charge in [-0.25, -0.2) is 9.97 Å². The maximum absolute atomic E-state index is 11.4. The molecule has 1 aliphatic heterocycles. The normalized spacial score (nSPS) is 31.4. The van der Waals surface area contributed by atoms with Crippen LogP contribution in [0.3, 0.4) is 0 Å². The van der Waals surface area contributed by atoms with Crippen LogP contribution in [0.1, 0.15) is 50.5 Å². The first kappa shape index (κ1) is 21.6. The van der Waals surface area contributed by atoms with Crippen LogP contribution < -0.4 is 10.6 Å². The fourth-order valence-corrected chi connectivity index (χ4v) is 6.11. The van der Waals surface area contributed by atoms with Gasteiger partial charge in [0.2, 0.25) is 5.95 Å². The number of nitrogen functional groups attached to an aromatic ring is 1. The Labute approximate surface area is 191 Å². The van der Waals surface area contributed by atoms with Crippen molar-refractivity contribution in [3.8, 4) is 0 Å². The van der Waals surface area contributed by atoms with Crippen LogP contribution in [0.4, 0.5) is 11.6 Å². The number of aromatic nitrogens is 2. The standard InChI is InChI=1S/C25H36N6O/c1-29(2)25(20-9-4-3-5-10-20)13-11-24(12-14-25)18-30(22-27-15-21(26)16-28-22)23(32)31(24)17-19-7-6-8-19/h3-5,9-10,15-16,19,23,32H,6-8,11-14,17-18,26H2,1-2H3. The molecule has 0 amide bonds. The van der Waals surface area contributed by atoms with Crippen molar-refractivity contribution in [2.45, 2.75) is 62.4 Å². The summed E-state index contributed by atoms with van der Waals surface area (Å²) in [6.45, 7) is 1.70. The number of aliphatic hydroxyl groups excluding tert-OH is 1. The Hall–Kier alpha value is -2.22. The second kappa shape index (κ2) is 8.28. The Balaban J connectivity index is 1.44. The molecule has 0 bridgehead atoms. The lowest BCUT2D eigenvalue weighted by atomic mass is 9.68. The van der Waals surface area contributed by atoms with Gasteiger partial charge in [0, 0.05) is 24.2 Å². The average molecular weight is 437 g/mol. The molecule has 1 atom stereocenters. The molecule has 1 unspecified atom stereocenters. The Kier molecular flexibility index (Phi) is 5.60. The van der Waals surface area contributed by atoms with E-state index in [4.69, 9.17) is 5.73 Å². The van der Waals surface area contributed by atoms with Crippen molar-refractivity contribution in [3.05, 3.63) is 48.3 Å². The maximum Gasteiger partial charge on any atom is 0.228 e. The molecule has 1 saturated heterocycles. The molecule has 1 spiro atoms. The van der Waals surface area contributed by atoms with Crippen LogP contribution in [0, 0.1) is 5.92 Å². The molecule has 2 aliphatic carbocycles. The van der Waals surface area contributed by atoms with Crippen molar-refractivity contribution >= 4 is 11.6 Å². The molecule has 5 rings (SSSR count). The van der Waals surface area contributed by atoms with Gasteiger partial charge < -0.3 is 15.7 Å². The molecule has 2 aromatic rings. The maximum atomic E-state index is 11.4. The van der Waals surface area contributed by atoms with E-state index in [1.807, 2.05) is 4.90 Å². The molecule has 2 saturated carbocycles. The van der Waals surface area contributed by atoms with Gasteiger partial charge in [-0.2, -0.15) is 0 Å². The van der Waals surface area contributed by atoms with E-state index in [1.165, 1.54) is 24.8 Å². The third kappa shape index (κ3) is 3.56. The minimum Gasteiger partial charge on any atom is -0.396 e. The highest BCUT2D eigenvalue weighted by atomic mass is 16.3. The van der Waals surface area contributed by atoms with Crippen LogP contribution in [-0.2, 0) is 5.54 Å². The zero-order chi connectivity index (χ0) is 22.3. The van der Waals surface area contributed by atoms with Crippen LogP contribution in [0.5, 0.6) is 0 Å². The van der Waals surface area contributed by atoms with E-state index >= 15 is 0 Å². The monoisotopic (exact) mass is 436 g/mol. The molecular weight excluding hydrogens is 400 g/mol. The van der Waals surface area contributed by atoms with Crippen LogP contribution in [0.2, 0.25) is 0 Å². The van der Waals surface area contributed by atoms with E-state index in [9.17, 15) is 5.11 Å². The zero-order valence-corrected chi connectivity index (χ0v) is 19.3. The fourth-order valence-electron chi connectivity index (χ4n) is 6.11. The summed E-state index contributed by atoms with van der Waals surface area (Å²) in [5, 5.41) is 11.4. The van der Waals surface area contributed by atoms with Crippen LogP contribution in [0.25, 0.3) is 0 Å². The number of nitrogens with zero attached hydrogens (tertiary/aromatic N) is 5. The Morgan fingerprint density at radius 2 is 1.72 bits per heavy atom. The molecule has 1 aromatic carbocycles. The summed E-state index contributed by atoms with van der Waals surface area (Å²) in [5.74, 6) is 1.25. The molecule has 7 heteroatoms. The summed E-state index contributed by atoms with van der Waals surface area (Å²) < 4.78 is 0. The van der Waals surface area contributed by atoms with E-state index in [0.717, 1.165) is 38.8 Å². The number of hydrogen-bond donors (Lipinski definition) is 2. The van der Waals surface area contributed by atoms with Gasteiger partial charge in [0.1, 0.15) is 0 Å². The molecule has 32 heavy (non-hydrogen) atoms. The SMILES string of the molecule is CN(C)C1(c2ccccc2)CCC2(CC1)CN(c1ncc(N)cn1)C(O)N2CC1CCC1. The summed E-state index contributed by atoms with van der Waals surface area (Å²) in [6, 6.07) is 10.9. The molecule has 3 aliphatic rings. The smallest absolute Gasteiger partial charge is 0.228 e. The highest BCUT2D eigenvalue weighted by Gasteiger charge is 2.55. The van der Waals surface area contributed by atoms with Gasteiger partial charge in [-0.05, 0) is 64.1 Å². The van der Waals surface area contributed by atoms with E-state index in [1.54, 1.807) is 12.4 Å². The second-order valence-corrected chi connectivity index (χ2v) is 10.3. The van der Waals surface area contributed by atoms with E-state index in [-0.39, 0.29) is 11.1 Å². The van der Waals surface area contributed by atoms with Gasteiger partial charge in [-0.1, -0.05) is 36.8 Å². The van der Waals surface area contributed by atoms with Gasteiger partial charge in [0.25, 0.3) is 0 Å². The minimum atomic E-state index is -0.692. The van der Waals surface area contributed by atoms with Crippen molar-refractivity contribution in [1.29, 1.82) is 0 Å². The third-order valence-electron chi connectivity index (χ3n) is 8.40. The van der Waals surface area contributed by atoms with E-state index < -0.39 is 6.35 Å². The molecule has 3 N–H and O–H groups in total. The Morgan fingerprint density at radius 3 is 2.28 bits per heavy atom. The number of hydrogen-bond acceptors (Lipinski definition) is 7. The van der Waals surface area contributed by atoms with Gasteiger partial charge in [0.15, 0.2) is 6.35 Å². The Morgan fingerprint density at radius 1 is 1.06 bits per heavy atom. The number of anilines is 2. The topological polar surface area (TPSA) is 81.8 Å². The van der Waals surface area contributed by atoms with Gasteiger partial charge in [0.05, 0.1) is 18.1 Å². The van der Waals surface area contributed by atoms with Crippen molar-refractivity contribution in [2.24, 2.45) is 5.92 Å². The number of nitrogens with two attached hydrogens (primary N) is 1. The highest BCUT2D eigenvalue weighted by molar-refractivity contribution is 5.40. The number of aliphatic hydroxyl groups is 1. The van der Waals surface area contributed by atoms with E-state index in [0.29, 0.717) is 17.6 Å². The zero-order valence-electron chi connectivity index (χ0n) is 19.3. The molecule has 3 fully saturated rings. The first-order valence-corrected chi connectivity index (χ1v) is 12.0. The summed E-state index contributed by atoms with van der Waals surface area (Å²) in [6.07, 6.45) is 10.6. The summed E-state index contributed by atoms with van der Waals surface area (Å²) in [5.41, 5.74) is 7.71. The van der Waals surface area contributed by atoms with Crippen LogP contribution >= 0.6 is 0 Å². The van der Waals surface area contributed by atoms with Crippen molar-refractivity contribution in [3.63, 3.8) is 0 Å². The van der Waals surface area contributed by atoms with E-state index in [2.05, 4.69) is 64.2 Å². The van der Waals surface area contributed by atoms with Crippen molar-refractivity contribution < 1.29 is 5.11 Å². The largest absolute Gasteiger partial charge is 0.396 e. The summed E-state index contributed by atoms with van der Waals surface area (Å²) in [4.78, 5) is 15.6. The lowest BCUT2D eigenvalue weighted by Crippen LogP contribution is -2.57. The minimum absolute atomic E-state index is 0.0325. The lowest BCUT2D eigenvalue weighted by molar-refractivity contribution is -0.0662. The van der Waals surface area contributed by atoms with Crippen molar-refractivity contribution in [1.82, 2.24) is 19.8 Å². The average Bonchev–Trinajstić information content (AvgIpc) is 3.04. The molecule has 7 nitrogen and oxygen atoms in total. The van der Waals surface area contributed by atoms with Crippen molar-refractivity contribution in [2.75, 3.05) is 37.8 Å². The predicted octanol–water partition coefficient (Wildman–Crippen LogP) is 3.03. The summed E-state index contributed by atoms with van der Waals surface area (Å²) in [7, 11) is 4.41. The van der Waals surface area contributed by atoms with Crippen LogP contribution in [0.15, 0.2) is 42.7 Å². The Bertz CT molecular complexity index is 906. The van der Waals surface area contributed by atoms with Gasteiger partial charge in [-0.3, -0.25) is 9.80 Å². The third-order valence-corrected chi connectivity index (χ3v) is 8.40. The lowest BCUT2D eigenvalue weighted by Gasteiger charge is -2.52. The molecule has 0 radical (unpaired) electrons. The first-order valence-electron chi connectivity index (χ1n) is 12.0. The van der Waals surface area contributed by atoms with Gasteiger partial charge >= 0.3 is 0 Å². The molecular formula is C25H36N6O. The van der Waals surface area contributed by atoms with Gasteiger partial charge in [-0.15, -0.1) is 0 Å². The first-order chi connectivity index (χ1) is 15.4. The molecule has 2 heterocycles. The number of benzene rings is 1. The number of rotatable bonds is 5. The molecule has 1 aromatic heterocycles. The second-order valence-electron chi connectivity index (χ2n) is 10.3. The van der Waals surface area contributed by atoms with Crippen LogP contribution in [-0.4, -0.2) is 63.9 Å². The quantitative estimate of drug-likeness (QED) is 0.746. The predicted molar refractivity (Wildman–Crippen MR) is 127 cm³/mol. The molecule has 172 valence electrons. The fraction of sp³-hybridized carbons (Fsp3) is 0.600.